The minimum atomic E-state index is -0.243. The molecule has 2 amide bonds. The van der Waals surface area contributed by atoms with Crippen LogP contribution in [0.15, 0.2) is 30.3 Å². The highest BCUT2D eigenvalue weighted by molar-refractivity contribution is 5.94. The van der Waals surface area contributed by atoms with Crippen LogP contribution in [-0.4, -0.2) is 67.6 Å². The number of nitrogens with two attached hydrogens (primary N) is 1. The molecule has 1 saturated heterocycles. The van der Waals surface area contributed by atoms with E-state index >= 15 is 0 Å². The Bertz CT molecular complexity index is 523. The summed E-state index contributed by atoms with van der Waals surface area (Å²) in [4.78, 5) is 28.4. The molecule has 1 atom stereocenters. The Kier molecular flexibility index (Phi) is 8.74. The maximum atomic E-state index is 12.5. The lowest BCUT2D eigenvalue weighted by molar-refractivity contribution is -0.133. The van der Waals surface area contributed by atoms with Crippen LogP contribution >= 0.6 is 12.4 Å². The zero-order chi connectivity index (χ0) is 16.7. The van der Waals surface area contributed by atoms with Crippen molar-refractivity contribution in [2.75, 3.05) is 39.8 Å². The second kappa shape index (κ2) is 10.3. The molecule has 1 aromatic rings. The molecule has 1 fully saturated rings. The molecule has 0 aromatic heterocycles. The summed E-state index contributed by atoms with van der Waals surface area (Å²) in [5.41, 5.74) is 6.26. The number of nitrogens with zero attached hydrogens (tertiary/aromatic N) is 2. The molecule has 0 radical (unpaired) electrons. The van der Waals surface area contributed by atoms with Gasteiger partial charge in [0, 0.05) is 45.4 Å². The first kappa shape index (κ1) is 20.4. The monoisotopic (exact) mass is 355 g/mol. The molecular weight excluding hydrogens is 330 g/mol. The van der Waals surface area contributed by atoms with E-state index in [4.69, 9.17) is 10.5 Å². The Morgan fingerprint density at radius 2 is 1.75 bits per heavy atom. The van der Waals surface area contributed by atoms with Gasteiger partial charge < -0.3 is 20.3 Å². The van der Waals surface area contributed by atoms with Crippen molar-refractivity contribution in [3.8, 4) is 0 Å². The van der Waals surface area contributed by atoms with Crippen molar-refractivity contribution in [3.63, 3.8) is 0 Å². The molecule has 24 heavy (non-hydrogen) atoms. The third kappa shape index (κ3) is 5.47. The summed E-state index contributed by atoms with van der Waals surface area (Å²) in [6, 6.07) is 9.25. The zero-order valence-electron chi connectivity index (χ0n) is 14.0. The Balaban J connectivity index is 0.00000288. The van der Waals surface area contributed by atoms with Gasteiger partial charge in [-0.2, -0.15) is 0 Å². The summed E-state index contributed by atoms with van der Waals surface area (Å²) >= 11 is 0. The minimum Gasteiger partial charge on any atom is -0.380 e. The van der Waals surface area contributed by atoms with E-state index in [2.05, 4.69) is 0 Å². The summed E-state index contributed by atoms with van der Waals surface area (Å²) < 4.78 is 5.17. The van der Waals surface area contributed by atoms with Crippen molar-refractivity contribution in [1.29, 1.82) is 0 Å². The molecule has 2 N–H and O–H groups in total. The van der Waals surface area contributed by atoms with Crippen molar-refractivity contribution in [3.05, 3.63) is 35.9 Å². The van der Waals surface area contributed by atoms with Gasteiger partial charge in [-0.3, -0.25) is 9.59 Å². The predicted molar refractivity (Wildman–Crippen MR) is 95.3 cm³/mol. The second-order valence-electron chi connectivity index (χ2n) is 5.69. The van der Waals surface area contributed by atoms with Crippen LogP contribution in [0.1, 0.15) is 23.2 Å². The van der Waals surface area contributed by atoms with Gasteiger partial charge in [-0.25, -0.2) is 0 Å². The van der Waals surface area contributed by atoms with Crippen LogP contribution in [0.3, 0.4) is 0 Å². The van der Waals surface area contributed by atoms with Gasteiger partial charge in [0.05, 0.1) is 12.5 Å². The Morgan fingerprint density at radius 3 is 2.38 bits per heavy atom. The molecule has 1 aliphatic heterocycles. The second-order valence-corrected chi connectivity index (χ2v) is 5.69. The predicted octanol–water partition coefficient (Wildman–Crippen LogP) is 1.15. The van der Waals surface area contributed by atoms with Gasteiger partial charge in [0.2, 0.25) is 5.91 Å². The lowest BCUT2D eigenvalue weighted by Crippen LogP contribution is -2.39. The Labute approximate surface area is 149 Å². The third-order valence-corrected chi connectivity index (χ3v) is 4.16. The number of ether oxygens (including phenoxy) is 1. The van der Waals surface area contributed by atoms with Crippen LogP contribution < -0.4 is 5.73 Å². The van der Waals surface area contributed by atoms with Crippen molar-refractivity contribution >= 4 is 24.2 Å². The number of methoxy groups -OCH3 is 1. The van der Waals surface area contributed by atoms with Crippen LogP contribution in [0.2, 0.25) is 0 Å². The van der Waals surface area contributed by atoms with Gasteiger partial charge in [-0.15, -0.1) is 12.4 Å². The summed E-state index contributed by atoms with van der Waals surface area (Å²) in [6.45, 7) is 2.77. The molecule has 0 aliphatic carbocycles. The van der Waals surface area contributed by atoms with E-state index in [-0.39, 0.29) is 30.3 Å². The third-order valence-electron chi connectivity index (χ3n) is 4.16. The fraction of sp³-hybridized carbons (Fsp3) is 0.529. The van der Waals surface area contributed by atoms with E-state index in [9.17, 15) is 9.59 Å². The average Bonchev–Trinajstić information content (AvgIpc) is 2.85. The van der Waals surface area contributed by atoms with Crippen molar-refractivity contribution < 1.29 is 14.3 Å². The zero-order valence-corrected chi connectivity index (χ0v) is 14.8. The van der Waals surface area contributed by atoms with Crippen LogP contribution in [0.25, 0.3) is 0 Å². The van der Waals surface area contributed by atoms with Crippen molar-refractivity contribution in [2.24, 2.45) is 5.73 Å². The van der Waals surface area contributed by atoms with E-state index in [1.807, 2.05) is 35.2 Å². The number of hydrogen-bond acceptors (Lipinski definition) is 4. The Morgan fingerprint density at radius 1 is 1.12 bits per heavy atom. The average molecular weight is 356 g/mol. The molecule has 1 aliphatic rings. The van der Waals surface area contributed by atoms with Gasteiger partial charge in [-0.1, -0.05) is 18.2 Å². The highest BCUT2D eigenvalue weighted by atomic mass is 35.5. The van der Waals surface area contributed by atoms with E-state index in [0.29, 0.717) is 44.7 Å². The highest BCUT2D eigenvalue weighted by Crippen LogP contribution is 2.11. The summed E-state index contributed by atoms with van der Waals surface area (Å²) in [5.74, 6) is 0.0629. The maximum absolute atomic E-state index is 12.5. The standard InChI is InChI=1S/C17H25N3O3.ClH/c1-23-15(13-18)12-16(21)19-8-5-9-20(11-10-19)17(22)14-6-3-2-4-7-14;/h2-4,6-7,15H,5,8-13,18H2,1H3;1H. The normalized spacial score (nSPS) is 16.1. The number of hydrogen-bond donors (Lipinski definition) is 1. The first-order valence-electron chi connectivity index (χ1n) is 8.00. The van der Waals surface area contributed by atoms with Gasteiger partial charge in [-0.05, 0) is 18.6 Å². The molecule has 2 rings (SSSR count). The lowest BCUT2D eigenvalue weighted by Gasteiger charge is -2.23. The fourth-order valence-electron chi connectivity index (χ4n) is 2.72. The van der Waals surface area contributed by atoms with Gasteiger partial charge in [0.25, 0.3) is 5.91 Å². The quantitative estimate of drug-likeness (QED) is 0.859. The molecule has 0 bridgehead atoms. The van der Waals surface area contributed by atoms with E-state index in [1.54, 1.807) is 12.0 Å². The first-order valence-corrected chi connectivity index (χ1v) is 8.00. The van der Waals surface area contributed by atoms with Gasteiger partial charge in [0.1, 0.15) is 0 Å². The van der Waals surface area contributed by atoms with Crippen molar-refractivity contribution in [1.82, 2.24) is 9.80 Å². The molecule has 1 aromatic carbocycles. The molecule has 7 heteroatoms. The van der Waals surface area contributed by atoms with Crippen molar-refractivity contribution in [2.45, 2.75) is 18.9 Å². The van der Waals surface area contributed by atoms with Crippen LogP contribution in [-0.2, 0) is 9.53 Å². The molecule has 134 valence electrons. The van der Waals surface area contributed by atoms with Gasteiger partial charge in [0.15, 0.2) is 0 Å². The number of rotatable bonds is 5. The number of benzene rings is 1. The van der Waals surface area contributed by atoms with Gasteiger partial charge >= 0.3 is 0 Å². The topological polar surface area (TPSA) is 75.9 Å². The molecular formula is C17H26ClN3O3. The maximum Gasteiger partial charge on any atom is 0.253 e. The molecule has 0 saturated carbocycles. The van der Waals surface area contributed by atoms with E-state index in [0.717, 1.165) is 6.42 Å². The Hall–Kier alpha value is -1.63. The molecule has 6 nitrogen and oxygen atoms in total. The largest absolute Gasteiger partial charge is 0.380 e. The summed E-state index contributed by atoms with van der Waals surface area (Å²) in [7, 11) is 1.56. The molecule has 0 spiro atoms. The van der Waals surface area contributed by atoms with Crippen LogP contribution in [0.5, 0.6) is 0 Å². The number of amides is 2. The number of halogens is 1. The smallest absolute Gasteiger partial charge is 0.253 e. The highest BCUT2D eigenvalue weighted by Gasteiger charge is 2.24. The van der Waals surface area contributed by atoms with Crippen LogP contribution in [0.4, 0.5) is 0 Å². The van der Waals surface area contributed by atoms with Crippen LogP contribution in [0, 0.1) is 0 Å². The fourth-order valence-corrected chi connectivity index (χ4v) is 2.72. The lowest BCUT2D eigenvalue weighted by atomic mass is 10.2. The minimum absolute atomic E-state index is 0. The van der Waals surface area contributed by atoms with E-state index < -0.39 is 0 Å². The summed E-state index contributed by atoms with van der Waals surface area (Å²) in [5, 5.41) is 0. The summed E-state index contributed by atoms with van der Waals surface area (Å²) in [6.07, 6.45) is 0.831. The number of carbonyl (C=O) groups is 2. The molecule has 1 unspecified atom stereocenters. The van der Waals surface area contributed by atoms with E-state index in [1.165, 1.54) is 0 Å². The molecule has 1 heterocycles. The number of carbonyl (C=O) groups excluding carboxylic acids is 2. The first-order chi connectivity index (χ1) is 11.2. The SMILES string of the molecule is COC(CN)CC(=O)N1CCCN(C(=O)c2ccccc2)CC1.Cl.